The second-order valence-electron chi connectivity index (χ2n) is 5.39. The van der Waals surface area contributed by atoms with Crippen LogP contribution in [0, 0.1) is 0 Å². The van der Waals surface area contributed by atoms with Gasteiger partial charge in [-0.2, -0.15) is 0 Å². The number of nitrogens with zero attached hydrogens (tertiary/aromatic N) is 1. The van der Waals surface area contributed by atoms with Gasteiger partial charge in [-0.15, -0.1) is 0 Å². The van der Waals surface area contributed by atoms with Crippen LogP contribution in [0.4, 0.5) is 5.69 Å². The van der Waals surface area contributed by atoms with E-state index in [9.17, 15) is 9.59 Å². The van der Waals surface area contributed by atoms with Crippen LogP contribution in [0.3, 0.4) is 0 Å². The highest BCUT2D eigenvalue weighted by Crippen LogP contribution is 2.34. The number of rotatable bonds is 6. The zero-order chi connectivity index (χ0) is 18.5. The molecule has 0 radical (unpaired) electrons. The summed E-state index contributed by atoms with van der Waals surface area (Å²) in [6.45, 7) is 3.77. The van der Waals surface area contributed by atoms with Gasteiger partial charge in [-0.25, -0.2) is 9.78 Å². The molecule has 1 aliphatic heterocycles. The first-order chi connectivity index (χ1) is 12.6. The van der Waals surface area contributed by atoms with Crippen molar-refractivity contribution in [2.24, 2.45) is 0 Å². The van der Waals surface area contributed by atoms with Gasteiger partial charge in [0, 0.05) is 18.0 Å². The van der Waals surface area contributed by atoms with E-state index in [1.54, 1.807) is 31.2 Å². The second-order valence-corrected chi connectivity index (χ2v) is 5.39. The number of benzene rings is 1. The molecule has 2 heterocycles. The fourth-order valence-electron chi connectivity index (χ4n) is 2.29. The van der Waals surface area contributed by atoms with E-state index in [1.165, 1.54) is 19.2 Å². The lowest BCUT2D eigenvalue weighted by Gasteiger charge is -2.15. The predicted molar refractivity (Wildman–Crippen MR) is 91.5 cm³/mol. The molecule has 1 aromatic carbocycles. The van der Waals surface area contributed by atoms with E-state index in [4.69, 9.17) is 18.9 Å². The van der Waals surface area contributed by atoms with Crippen LogP contribution in [-0.4, -0.2) is 36.4 Å². The number of ether oxygens (including phenoxy) is 4. The van der Waals surface area contributed by atoms with Crippen molar-refractivity contribution in [2.75, 3.05) is 18.7 Å². The summed E-state index contributed by atoms with van der Waals surface area (Å²) in [6, 6.07) is 8.13. The Morgan fingerprint density at radius 1 is 1.27 bits per heavy atom. The van der Waals surface area contributed by atoms with Gasteiger partial charge in [-0.3, -0.25) is 4.79 Å². The van der Waals surface area contributed by atoms with Crippen molar-refractivity contribution in [1.82, 2.24) is 4.98 Å². The third kappa shape index (κ3) is 3.85. The maximum Gasteiger partial charge on any atom is 0.344 e. The first-order valence-corrected chi connectivity index (χ1v) is 8.07. The number of hydrogen-bond acceptors (Lipinski definition) is 7. The highest BCUT2D eigenvalue weighted by molar-refractivity contribution is 5.98. The van der Waals surface area contributed by atoms with Crippen molar-refractivity contribution in [3.05, 3.63) is 42.1 Å². The summed E-state index contributed by atoms with van der Waals surface area (Å²) in [5.41, 5.74) is 0.676. The Hall–Kier alpha value is -3.29. The number of esters is 1. The molecule has 0 bridgehead atoms. The zero-order valence-electron chi connectivity index (χ0n) is 14.4. The average Bonchev–Trinajstić information content (AvgIpc) is 3.10. The number of nitrogens with one attached hydrogen (secondary N) is 1. The molecule has 1 aliphatic rings. The smallest absolute Gasteiger partial charge is 0.344 e. The van der Waals surface area contributed by atoms with Crippen molar-refractivity contribution in [1.29, 1.82) is 0 Å². The number of carbonyl (C=O) groups excluding carboxylic acids is 2. The molecule has 1 amide bonds. The quantitative estimate of drug-likeness (QED) is 0.792. The van der Waals surface area contributed by atoms with Crippen LogP contribution >= 0.6 is 0 Å². The van der Waals surface area contributed by atoms with Crippen LogP contribution < -0.4 is 19.5 Å². The minimum Gasteiger partial charge on any atom is -0.477 e. The second kappa shape index (κ2) is 7.73. The van der Waals surface area contributed by atoms with Gasteiger partial charge in [0.25, 0.3) is 5.91 Å². The third-order valence-corrected chi connectivity index (χ3v) is 3.57. The van der Waals surface area contributed by atoms with Gasteiger partial charge in [-0.1, -0.05) is 0 Å². The first-order valence-electron chi connectivity index (χ1n) is 8.07. The van der Waals surface area contributed by atoms with E-state index < -0.39 is 18.0 Å². The van der Waals surface area contributed by atoms with Gasteiger partial charge in [0.1, 0.15) is 5.56 Å². The number of amides is 1. The Bertz CT molecular complexity index is 823. The summed E-state index contributed by atoms with van der Waals surface area (Å²) in [7, 11) is 0. The van der Waals surface area contributed by atoms with Crippen molar-refractivity contribution in [3.63, 3.8) is 0 Å². The summed E-state index contributed by atoms with van der Waals surface area (Å²) in [5.74, 6) is 0.170. The molecule has 26 heavy (non-hydrogen) atoms. The van der Waals surface area contributed by atoms with Crippen LogP contribution in [0.25, 0.3) is 0 Å². The van der Waals surface area contributed by atoms with Crippen LogP contribution in [0.15, 0.2) is 36.5 Å². The Kier molecular flexibility index (Phi) is 5.21. The van der Waals surface area contributed by atoms with E-state index in [-0.39, 0.29) is 18.2 Å². The highest BCUT2D eigenvalue weighted by Gasteiger charge is 2.23. The number of pyridine rings is 1. The summed E-state index contributed by atoms with van der Waals surface area (Å²) in [6.07, 6.45) is 0.500. The summed E-state index contributed by atoms with van der Waals surface area (Å²) in [5, 5.41) is 2.67. The first kappa shape index (κ1) is 17.5. The normalized spacial score (nSPS) is 13.0. The average molecular weight is 358 g/mol. The summed E-state index contributed by atoms with van der Waals surface area (Å²) < 4.78 is 21.0. The lowest BCUT2D eigenvalue weighted by molar-refractivity contribution is -0.123. The monoisotopic (exact) mass is 358 g/mol. The van der Waals surface area contributed by atoms with Crippen molar-refractivity contribution in [3.8, 4) is 17.4 Å². The molecule has 8 heteroatoms. The van der Waals surface area contributed by atoms with E-state index in [0.717, 1.165) is 0 Å². The highest BCUT2D eigenvalue weighted by atomic mass is 16.7. The molecule has 1 N–H and O–H groups in total. The minimum atomic E-state index is -1.01. The number of hydrogen-bond donors (Lipinski definition) is 1. The third-order valence-electron chi connectivity index (χ3n) is 3.57. The van der Waals surface area contributed by atoms with Gasteiger partial charge in [-0.05, 0) is 38.1 Å². The Balaban J connectivity index is 1.63. The lowest BCUT2D eigenvalue weighted by Crippen LogP contribution is -2.30. The van der Waals surface area contributed by atoms with E-state index in [0.29, 0.717) is 23.8 Å². The van der Waals surface area contributed by atoms with Gasteiger partial charge in [0.05, 0.1) is 6.61 Å². The molecule has 0 fully saturated rings. The molecule has 1 atom stereocenters. The molecule has 0 spiro atoms. The lowest BCUT2D eigenvalue weighted by atomic mass is 10.2. The van der Waals surface area contributed by atoms with E-state index in [1.807, 2.05) is 0 Å². The Morgan fingerprint density at radius 3 is 2.88 bits per heavy atom. The molecule has 1 unspecified atom stereocenters. The van der Waals surface area contributed by atoms with Crippen molar-refractivity contribution >= 4 is 17.6 Å². The topological polar surface area (TPSA) is 96.0 Å². The molecule has 8 nitrogen and oxygen atoms in total. The SMILES string of the molecule is CCOc1ncccc1C(=O)OC(C)C(=O)Nc1ccc2c(c1)OCO2. The minimum absolute atomic E-state index is 0.147. The molecule has 136 valence electrons. The van der Waals surface area contributed by atoms with E-state index >= 15 is 0 Å². The molecular formula is C18H18N2O6. The van der Waals surface area contributed by atoms with Crippen molar-refractivity contribution in [2.45, 2.75) is 20.0 Å². The largest absolute Gasteiger partial charge is 0.477 e. The van der Waals surface area contributed by atoms with Crippen LogP contribution in [0.5, 0.6) is 17.4 Å². The molecule has 3 rings (SSSR count). The summed E-state index contributed by atoms with van der Waals surface area (Å²) >= 11 is 0. The van der Waals surface area contributed by atoms with Gasteiger partial charge in [0.2, 0.25) is 12.7 Å². The standard InChI is InChI=1S/C18H18N2O6/c1-3-23-17-13(5-4-8-19-17)18(22)26-11(2)16(21)20-12-6-7-14-15(9-12)25-10-24-14/h4-9,11H,3,10H2,1-2H3,(H,20,21). The maximum atomic E-state index is 12.3. The Morgan fingerprint density at radius 2 is 2.08 bits per heavy atom. The van der Waals surface area contributed by atoms with E-state index in [2.05, 4.69) is 10.3 Å². The van der Waals surface area contributed by atoms with Crippen LogP contribution in [0.2, 0.25) is 0 Å². The van der Waals surface area contributed by atoms with Gasteiger partial charge < -0.3 is 24.3 Å². The number of carbonyl (C=O) groups is 2. The predicted octanol–water partition coefficient (Wildman–Crippen LogP) is 2.39. The number of aromatic nitrogens is 1. The van der Waals surface area contributed by atoms with Crippen LogP contribution in [-0.2, 0) is 9.53 Å². The molecule has 0 aliphatic carbocycles. The molecule has 1 aromatic heterocycles. The molecular weight excluding hydrogens is 340 g/mol. The zero-order valence-corrected chi connectivity index (χ0v) is 14.4. The molecule has 2 aromatic rings. The maximum absolute atomic E-state index is 12.3. The van der Waals surface area contributed by atoms with Crippen molar-refractivity contribution < 1.29 is 28.5 Å². The Labute approximate surface area is 150 Å². The summed E-state index contributed by atoms with van der Waals surface area (Å²) in [4.78, 5) is 28.6. The van der Waals surface area contributed by atoms with Gasteiger partial charge in [0.15, 0.2) is 17.6 Å². The number of anilines is 1. The fraction of sp³-hybridized carbons (Fsp3) is 0.278. The number of fused-ring (bicyclic) bond motifs is 1. The van der Waals surface area contributed by atoms with Gasteiger partial charge >= 0.3 is 5.97 Å². The molecule has 0 saturated carbocycles. The van der Waals surface area contributed by atoms with Crippen LogP contribution in [0.1, 0.15) is 24.2 Å². The fourth-order valence-corrected chi connectivity index (χ4v) is 2.29. The molecule has 0 saturated heterocycles.